The summed E-state index contributed by atoms with van der Waals surface area (Å²) in [7, 11) is 1.97. The number of amides is 1. The molecule has 4 aliphatic rings. The Labute approximate surface area is 187 Å². The first-order valence-electron chi connectivity index (χ1n) is 12.6. The highest BCUT2D eigenvalue weighted by molar-refractivity contribution is 5.80. The van der Waals surface area contributed by atoms with E-state index in [-0.39, 0.29) is 11.3 Å². The van der Waals surface area contributed by atoms with Gasteiger partial charge in [-0.05, 0) is 111 Å². The van der Waals surface area contributed by atoms with Crippen molar-refractivity contribution < 1.29 is 9.90 Å². The third-order valence-corrected chi connectivity index (χ3v) is 10.1. The minimum Gasteiger partial charge on any atom is -0.390 e. The molecule has 1 aromatic heterocycles. The molecule has 1 amide bonds. The van der Waals surface area contributed by atoms with Crippen LogP contribution in [0.4, 0.5) is 0 Å². The summed E-state index contributed by atoms with van der Waals surface area (Å²) in [6, 6.07) is 4.00. The monoisotopic (exact) mass is 424 g/mol. The van der Waals surface area contributed by atoms with Gasteiger partial charge in [-0.1, -0.05) is 13.0 Å². The molecule has 4 aliphatic carbocycles. The molecule has 0 bridgehead atoms. The fourth-order valence-electron chi connectivity index (χ4n) is 8.60. The van der Waals surface area contributed by atoms with Crippen LogP contribution in [-0.2, 0) is 11.3 Å². The highest BCUT2D eigenvalue weighted by Gasteiger charge is 2.59. The van der Waals surface area contributed by atoms with Gasteiger partial charge in [-0.15, -0.1) is 0 Å². The van der Waals surface area contributed by atoms with Crippen molar-refractivity contribution in [2.24, 2.45) is 40.9 Å². The number of carbonyl (C=O) groups is 1. The van der Waals surface area contributed by atoms with Crippen LogP contribution in [0.3, 0.4) is 0 Å². The Morgan fingerprint density at radius 3 is 2.68 bits per heavy atom. The lowest BCUT2D eigenvalue weighted by Crippen LogP contribution is -2.51. The predicted molar refractivity (Wildman–Crippen MR) is 122 cm³/mol. The molecule has 1 heterocycles. The molecular formula is C27H40N2O2. The molecule has 0 unspecified atom stereocenters. The van der Waals surface area contributed by atoms with E-state index < -0.39 is 5.60 Å². The lowest BCUT2D eigenvalue weighted by Gasteiger charge is -2.57. The Bertz CT molecular complexity index is 809. The van der Waals surface area contributed by atoms with Crippen molar-refractivity contribution >= 4 is 5.91 Å². The van der Waals surface area contributed by atoms with Crippen molar-refractivity contribution in [3.8, 4) is 0 Å². The van der Waals surface area contributed by atoms with Gasteiger partial charge in [0.2, 0.25) is 5.91 Å². The van der Waals surface area contributed by atoms with E-state index in [1.165, 1.54) is 38.5 Å². The van der Waals surface area contributed by atoms with Gasteiger partial charge in [-0.2, -0.15) is 0 Å². The molecule has 0 aromatic carbocycles. The van der Waals surface area contributed by atoms with E-state index in [1.54, 1.807) is 6.20 Å². The molecule has 0 aliphatic heterocycles. The third-order valence-electron chi connectivity index (χ3n) is 10.1. The second-order valence-corrected chi connectivity index (χ2v) is 11.9. The first-order chi connectivity index (χ1) is 14.8. The minimum atomic E-state index is -0.444. The number of pyridine rings is 1. The van der Waals surface area contributed by atoms with Crippen LogP contribution in [0.2, 0.25) is 0 Å². The smallest absolute Gasteiger partial charge is 0.226 e. The van der Waals surface area contributed by atoms with Gasteiger partial charge in [0, 0.05) is 31.9 Å². The molecule has 8 atom stereocenters. The van der Waals surface area contributed by atoms with Gasteiger partial charge in [-0.25, -0.2) is 0 Å². The molecule has 4 nitrogen and oxygen atoms in total. The summed E-state index contributed by atoms with van der Waals surface area (Å²) in [5.41, 5.74) is 0.822. The van der Waals surface area contributed by atoms with E-state index in [0.29, 0.717) is 18.4 Å². The van der Waals surface area contributed by atoms with Crippen LogP contribution in [0.25, 0.3) is 0 Å². The molecular weight excluding hydrogens is 384 g/mol. The number of aromatic nitrogens is 1. The van der Waals surface area contributed by atoms with Crippen LogP contribution < -0.4 is 0 Å². The molecule has 5 rings (SSSR count). The number of hydrogen-bond acceptors (Lipinski definition) is 3. The Kier molecular flexibility index (Phi) is 5.44. The zero-order valence-electron chi connectivity index (χ0n) is 19.6. The first kappa shape index (κ1) is 21.4. The minimum absolute atomic E-state index is 0.161. The highest BCUT2D eigenvalue weighted by atomic mass is 16.3. The summed E-state index contributed by atoms with van der Waals surface area (Å²) < 4.78 is 0. The van der Waals surface area contributed by atoms with E-state index in [4.69, 9.17) is 0 Å². The Morgan fingerprint density at radius 2 is 1.90 bits per heavy atom. The largest absolute Gasteiger partial charge is 0.390 e. The molecule has 4 fully saturated rings. The maximum atomic E-state index is 13.5. The highest BCUT2D eigenvalue weighted by Crippen LogP contribution is 2.64. The molecule has 1 aromatic rings. The van der Waals surface area contributed by atoms with Gasteiger partial charge in [-0.3, -0.25) is 9.78 Å². The van der Waals surface area contributed by atoms with E-state index >= 15 is 0 Å². The molecule has 0 saturated heterocycles. The Morgan fingerprint density at radius 1 is 1.10 bits per heavy atom. The molecule has 170 valence electrons. The quantitative estimate of drug-likeness (QED) is 0.738. The number of nitrogens with zero attached hydrogens (tertiary/aromatic N) is 2. The second kappa shape index (κ2) is 7.86. The zero-order chi connectivity index (χ0) is 21.8. The lowest BCUT2D eigenvalue weighted by atomic mass is 9.49. The van der Waals surface area contributed by atoms with Gasteiger partial charge in [0.1, 0.15) is 0 Å². The third kappa shape index (κ3) is 3.73. The summed E-state index contributed by atoms with van der Waals surface area (Å²) in [4.78, 5) is 19.7. The van der Waals surface area contributed by atoms with E-state index in [0.717, 1.165) is 48.5 Å². The second-order valence-electron chi connectivity index (χ2n) is 11.9. The predicted octanol–water partition coefficient (Wildman–Crippen LogP) is 5.06. The maximum Gasteiger partial charge on any atom is 0.226 e. The number of hydrogen-bond donors (Lipinski definition) is 1. The lowest BCUT2D eigenvalue weighted by molar-refractivity contribution is -0.143. The van der Waals surface area contributed by atoms with Crippen LogP contribution in [0.15, 0.2) is 24.5 Å². The van der Waals surface area contributed by atoms with E-state index in [2.05, 4.69) is 18.0 Å². The molecule has 1 N–H and O–H groups in total. The van der Waals surface area contributed by atoms with Crippen molar-refractivity contribution in [3.63, 3.8) is 0 Å². The Hall–Kier alpha value is -1.42. The topological polar surface area (TPSA) is 53.4 Å². The van der Waals surface area contributed by atoms with Gasteiger partial charge in [0.05, 0.1) is 5.60 Å². The Balaban J connectivity index is 1.29. The van der Waals surface area contributed by atoms with Crippen LogP contribution in [0.5, 0.6) is 0 Å². The molecule has 31 heavy (non-hydrogen) atoms. The van der Waals surface area contributed by atoms with Crippen LogP contribution in [0.1, 0.15) is 77.2 Å². The standard InChI is InChI=1S/C27H40N2O2/c1-26(31)12-10-20-19(15-26)6-7-22-21(20)11-13-27(2)23(22)8-9-24(27)25(30)29(3)17-18-5-4-14-28-16-18/h4-5,14,16,19-24,31H,6-13,15,17H2,1-3H3/t19-,20+,21-,22-,23+,24-,26-,27+/m1/s1. The summed E-state index contributed by atoms with van der Waals surface area (Å²) >= 11 is 0. The average Bonchev–Trinajstić information content (AvgIpc) is 3.10. The molecule has 4 heteroatoms. The number of aliphatic hydroxyl groups is 1. The number of rotatable bonds is 3. The van der Waals surface area contributed by atoms with E-state index in [1.807, 2.05) is 31.1 Å². The summed E-state index contributed by atoms with van der Waals surface area (Å²) in [5.74, 6) is 4.37. The van der Waals surface area contributed by atoms with Gasteiger partial charge in [0.15, 0.2) is 0 Å². The molecule has 0 spiro atoms. The van der Waals surface area contributed by atoms with Crippen LogP contribution >= 0.6 is 0 Å². The molecule has 0 radical (unpaired) electrons. The van der Waals surface area contributed by atoms with Crippen LogP contribution in [-0.4, -0.2) is 33.5 Å². The normalized spacial score (nSPS) is 44.1. The maximum absolute atomic E-state index is 13.5. The first-order valence-corrected chi connectivity index (χ1v) is 12.6. The number of carbonyl (C=O) groups excluding carboxylic acids is 1. The van der Waals surface area contributed by atoms with E-state index in [9.17, 15) is 9.90 Å². The zero-order valence-corrected chi connectivity index (χ0v) is 19.6. The van der Waals surface area contributed by atoms with Crippen molar-refractivity contribution in [3.05, 3.63) is 30.1 Å². The summed E-state index contributed by atoms with van der Waals surface area (Å²) in [5, 5.41) is 10.6. The van der Waals surface area contributed by atoms with Gasteiger partial charge in [0.25, 0.3) is 0 Å². The van der Waals surface area contributed by atoms with Gasteiger partial charge < -0.3 is 10.0 Å². The molecule has 4 saturated carbocycles. The average molecular weight is 425 g/mol. The van der Waals surface area contributed by atoms with Crippen LogP contribution in [0, 0.1) is 40.9 Å². The SMILES string of the molecule is CN(Cc1cccnc1)C(=O)[C@H]1CC[C@H]2[C@@H]3CC[C@@H]4C[C@](C)(O)CC[C@@H]4[C@H]3CC[C@]12C. The van der Waals surface area contributed by atoms with Crippen molar-refractivity contribution in [2.75, 3.05) is 7.05 Å². The van der Waals surface area contributed by atoms with Crippen molar-refractivity contribution in [2.45, 2.75) is 83.8 Å². The fraction of sp³-hybridized carbons (Fsp3) is 0.778. The van der Waals surface area contributed by atoms with Crippen molar-refractivity contribution in [1.29, 1.82) is 0 Å². The van der Waals surface area contributed by atoms with Gasteiger partial charge >= 0.3 is 0 Å². The number of fused-ring (bicyclic) bond motifs is 5. The van der Waals surface area contributed by atoms with Crippen molar-refractivity contribution in [1.82, 2.24) is 9.88 Å². The summed E-state index contributed by atoms with van der Waals surface area (Å²) in [6.07, 6.45) is 14.2. The fourth-order valence-corrected chi connectivity index (χ4v) is 8.60. The summed E-state index contributed by atoms with van der Waals surface area (Å²) in [6.45, 7) is 5.14.